The zero-order valence-corrected chi connectivity index (χ0v) is 15.4. The predicted molar refractivity (Wildman–Crippen MR) is 94.4 cm³/mol. The third kappa shape index (κ3) is 5.70. The van der Waals surface area contributed by atoms with E-state index >= 15 is 0 Å². The van der Waals surface area contributed by atoms with Crippen LogP contribution in [0, 0.1) is 0 Å². The molecule has 0 aliphatic rings. The fourth-order valence-electron chi connectivity index (χ4n) is 1.93. The van der Waals surface area contributed by atoms with Crippen molar-refractivity contribution in [3.63, 3.8) is 0 Å². The third-order valence-electron chi connectivity index (χ3n) is 3.14. The normalized spacial score (nSPS) is 11.2. The van der Waals surface area contributed by atoms with Gasteiger partial charge < -0.3 is 14.8 Å². The summed E-state index contributed by atoms with van der Waals surface area (Å²) in [6.45, 7) is 3.70. The first-order valence-electron chi connectivity index (χ1n) is 7.00. The van der Waals surface area contributed by atoms with Crippen molar-refractivity contribution in [3.8, 4) is 11.5 Å². The number of hydrogen-bond donors (Lipinski definition) is 1. The number of amides is 1. The van der Waals surface area contributed by atoms with E-state index in [-0.39, 0.29) is 25.4 Å². The SMILES string of the molecule is C=CCN(CCC(=O)Nc1cc(OC)c(Cl)cc1OC)S(C)(=O)=O. The van der Waals surface area contributed by atoms with Gasteiger partial charge in [-0.05, 0) is 0 Å². The standard InChI is InChI=1S/C15H21ClN2O5S/c1-5-7-18(24(4,20)21)8-6-15(19)17-12-10-13(22-2)11(16)9-14(12)23-3/h5,9-10H,1,6-8H2,2-4H3,(H,17,19). The molecular formula is C15H21ClN2O5S. The van der Waals surface area contributed by atoms with E-state index in [1.807, 2.05) is 0 Å². The van der Waals surface area contributed by atoms with Crippen LogP contribution in [-0.2, 0) is 14.8 Å². The zero-order valence-electron chi connectivity index (χ0n) is 13.8. The lowest BCUT2D eigenvalue weighted by molar-refractivity contribution is -0.116. The van der Waals surface area contributed by atoms with Crippen molar-refractivity contribution in [1.29, 1.82) is 0 Å². The predicted octanol–water partition coefficient (Wildman–Crippen LogP) is 2.13. The number of rotatable bonds is 9. The Labute approximate surface area is 147 Å². The molecule has 0 saturated carbocycles. The summed E-state index contributed by atoms with van der Waals surface area (Å²) in [5, 5.41) is 3.01. The number of sulfonamides is 1. The summed E-state index contributed by atoms with van der Waals surface area (Å²) >= 11 is 6.00. The molecule has 1 N–H and O–H groups in total. The van der Waals surface area contributed by atoms with E-state index in [4.69, 9.17) is 21.1 Å². The molecule has 0 heterocycles. The highest BCUT2D eigenvalue weighted by Crippen LogP contribution is 2.35. The summed E-state index contributed by atoms with van der Waals surface area (Å²) < 4.78 is 34.7. The Balaban J connectivity index is 2.82. The van der Waals surface area contributed by atoms with Crippen molar-refractivity contribution >= 4 is 33.2 Å². The Bertz CT molecular complexity index is 706. The van der Waals surface area contributed by atoms with Gasteiger partial charge in [-0.2, -0.15) is 4.31 Å². The van der Waals surface area contributed by atoms with Gasteiger partial charge >= 0.3 is 0 Å². The van der Waals surface area contributed by atoms with E-state index in [2.05, 4.69) is 11.9 Å². The molecule has 1 aromatic rings. The van der Waals surface area contributed by atoms with Gasteiger partial charge in [-0.15, -0.1) is 6.58 Å². The van der Waals surface area contributed by atoms with Crippen molar-refractivity contribution < 1.29 is 22.7 Å². The number of anilines is 1. The van der Waals surface area contributed by atoms with Crippen LogP contribution in [-0.4, -0.2) is 52.2 Å². The van der Waals surface area contributed by atoms with E-state index in [1.165, 1.54) is 36.7 Å². The minimum absolute atomic E-state index is 0.0188. The first kappa shape index (κ1) is 20.3. The summed E-state index contributed by atoms with van der Waals surface area (Å²) in [4.78, 5) is 12.1. The van der Waals surface area contributed by atoms with E-state index in [1.54, 1.807) is 0 Å². The Kier molecular flexibility index (Phi) is 7.53. The number of ether oxygens (including phenoxy) is 2. The average molecular weight is 377 g/mol. The Morgan fingerprint density at radius 3 is 2.46 bits per heavy atom. The van der Waals surface area contributed by atoms with Crippen LogP contribution in [0.25, 0.3) is 0 Å². The maximum atomic E-state index is 12.1. The summed E-state index contributed by atoms with van der Waals surface area (Å²) in [5.41, 5.74) is 0.387. The third-order valence-corrected chi connectivity index (χ3v) is 4.70. The van der Waals surface area contributed by atoms with Crippen LogP contribution in [0.15, 0.2) is 24.8 Å². The first-order chi connectivity index (χ1) is 11.2. The van der Waals surface area contributed by atoms with Gasteiger partial charge in [0, 0.05) is 31.6 Å². The van der Waals surface area contributed by atoms with Gasteiger partial charge in [0.2, 0.25) is 15.9 Å². The quantitative estimate of drug-likeness (QED) is 0.667. The molecule has 7 nitrogen and oxygen atoms in total. The molecule has 0 saturated heterocycles. The highest BCUT2D eigenvalue weighted by Gasteiger charge is 2.17. The minimum Gasteiger partial charge on any atom is -0.495 e. The molecular weight excluding hydrogens is 356 g/mol. The lowest BCUT2D eigenvalue weighted by Crippen LogP contribution is -2.33. The molecule has 9 heteroatoms. The molecule has 0 aliphatic heterocycles. The minimum atomic E-state index is -3.40. The van der Waals surface area contributed by atoms with Crippen molar-refractivity contribution in [1.82, 2.24) is 4.31 Å². The van der Waals surface area contributed by atoms with Crippen molar-refractivity contribution in [2.75, 3.05) is 38.9 Å². The number of hydrogen-bond acceptors (Lipinski definition) is 5. The smallest absolute Gasteiger partial charge is 0.225 e. The second-order valence-corrected chi connectivity index (χ2v) is 7.28. The summed E-state index contributed by atoms with van der Waals surface area (Å²) in [5.74, 6) is 0.396. The van der Waals surface area contributed by atoms with Crippen molar-refractivity contribution in [2.24, 2.45) is 0 Å². The molecule has 0 aromatic heterocycles. The molecule has 1 rings (SSSR count). The maximum Gasteiger partial charge on any atom is 0.225 e. The summed E-state index contributed by atoms with van der Waals surface area (Å²) in [6, 6.07) is 3.06. The van der Waals surface area contributed by atoms with Gasteiger partial charge in [-0.25, -0.2) is 8.42 Å². The fourth-order valence-corrected chi connectivity index (χ4v) is 2.96. The van der Waals surface area contributed by atoms with Crippen LogP contribution in [0.1, 0.15) is 6.42 Å². The number of carbonyl (C=O) groups is 1. The molecule has 0 radical (unpaired) electrons. The number of carbonyl (C=O) groups excluding carboxylic acids is 1. The molecule has 0 spiro atoms. The number of nitrogens with one attached hydrogen (secondary N) is 1. The van der Waals surface area contributed by atoms with Gasteiger partial charge in [0.05, 0.1) is 31.2 Å². The van der Waals surface area contributed by atoms with E-state index in [0.29, 0.717) is 22.2 Å². The van der Waals surface area contributed by atoms with Gasteiger partial charge in [0.25, 0.3) is 0 Å². The number of benzene rings is 1. The molecule has 1 aromatic carbocycles. The maximum absolute atomic E-state index is 12.1. The van der Waals surface area contributed by atoms with Crippen LogP contribution >= 0.6 is 11.6 Å². The van der Waals surface area contributed by atoms with Gasteiger partial charge in [0.1, 0.15) is 11.5 Å². The average Bonchev–Trinajstić information content (AvgIpc) is 2.51. The van der Waals surface area contributed by atoms with Crippen molar-refractivity contribution in [3.05, 3.63) is 29.8 Å². The van der Waals surface area contributed by atoms with Gasteiger partial charge in [-0.1, -0.05) is 17.7 Å². The van der Waals surface area contributed by atoms with Crippen LogP contribution in [0.2, 0.25) is 5.02 Å². The molecule has 134 valence electrons. The Hall–Kier alpha value is -1.77. The highest BCUT2D eigenvalue weighted by atomic mass is 35.5. The van der Waals surface area contributed by atoms with Crippen LogP contribution in [0.3, 0.4) is 0 Å². The molecule has 24 heavy (non-hydrogen) atoms. The summed E-state index contributed by atoms with van der Waals surface area (Å²) in [6.07, 6.45) is 2.53. The molecule has 0 fully saturated rings. The molecule has 1 amide bonds. The topological polar surface area (TPSA) is 84.9 Å². The van der Waals surface area contributed by atoms with Gasteiger partial charge in [0.15, 0.2) is 0 Å². The van der Waals surface area contributed by atoms with E-state index < -0.39 is 10.0 Å². The second-order valence-electron chi connectivity index (χ2n) is 4.89. The Morgan fingerprint density at radius 1 is 1.33 bits per heavy atom. The first-order valence-corrected chi connectivity index (χ1v) is 9.23. The lowest BCUT2D eigenvalue weighted by atomic mass is 10.2. The van der Waals surface area contributed by atoms with Crippen LogP contribution in [0.5, 0.6) is 11.5 Å². The zero-order chi connectivity index (χ0) is 18.3. The van der Waals surface area contributed by atoms with Crippen LogP contribution < -0.4 is 14.8 Å². The van der Waals surface area contributed by atoms with Gasteiger partial charge in [-0.3, -0.25) is 4.79 Å². The number of halogens is 1. The monoisotopic (exact) mass is 376 g/mol. The molecule has 0 bridgehead atoms. The number of methoxy groups -OCH3 is 2. The summed E-state index contributed by atoms with van der Waals surface area (Å²) in [7, 11) is -0.500. The molecule has 0 unspecified atom stereocenters. The van der Waals surface area contributed by atoms with Crippen LogP contribution in [0.4, 0.5) is 5.69 Å². The molecule has 0 aliphatic carbocycles. The lowest BCUT2D eigenvalue weighted by Gasteiger charge is -2.18. The molecule has 0 atom stereocenters. The largest absolute Gasteiger partial charge is 0.495 e. The van der Waals surface area contributed by atoms with E-state index in [9.17, 15) is 13.2 Å². The van der Waals surface area contributed by atoms with Crippen molar-refractivity contribution in [2.45, 2.75) is 6.42 Å². The fraction of sp³-hybridized carbons (Fsp3) is 0.400. The Morgan fingerprint density at radius 2 is 1.96 bits per heavy atom. The highest BCUT2D eigenvalue weighted by molar-refractivity contribution is 7.88. The number of nitrogens with zero attached hydrogens (tertiary/aromatic N) is 1. The second kappa shape index (κ2) is 8.91. The van der Waals surface area contributed by atoms with E-state index in [0.717, 1.165) is 6.26 Å².